The number of carbonyl (C=O) groups excluding carboxylic acids is 1. The van der Waals surface area contributed by atoms with E-state index in [2.05, 4.69) is 10.3 Å². The van der Waals surface area contributed by atoms with Gasteiger partial charge in [0, 0.05) is 11.6 Å². The van der Waals surface area contributed by atoms with Crippen molar-refractivity contribution in [1.29, 1.82) is 0 Å². The van der Waals surface area contributed by atoms with Crippen LogP contribution in [0.1, 0.15) is 70.3 Å². The molecule has 3 aliphatic rings. The predicted molar refractivity (Wildman–Crippen MR) is 101 cm³/mol. The Morgan fingerprint density at radius 2 is 1.93 bits per heavy atom. The number of aliphatic hydroxyl groups is 1. The Kier molecular flexibility index (Phi) is 5.01. The molecule has 0 bridgehead atoms. The quantitative estimate of drug-likeness (QED) is 0.688. The van der Waals surface area contributed by atoms with Crippen molar-refractivity contribution in [2.24, 2.45) is 11.8 Å². The van der Waals surface area contributed by atoms with Crippen molar-refractivity contribution in [3.05, 3.63) is 17.7 Å². The lowest BCUT2D eigenvalue weighted by Gasteiger charge is -2.29. The van der Waals surface area contributed by atoms with Crippen LogP contribution in [0.2, 0.25) is 0 Å². The molecule has 148 valence electrons. The molecule has 4 rings (SSSR count). The van der Waals surface area contributed by atoms with Crippen LogP contribution in [0, 0.1) is 11.8 Å². The van der Waals surface area contributed by atoms with E-state index in [1.54, 1.807) is 19.9 Å². The highest BCUT2D eigenvalue weighted by atomic mass is 16.6. The lowest BCUT2D eigenvalue weighted by Crippen LogP contribution is -2.50. The van der Waals surface area contributed by atoms with Crippen molar-refractivity contribution in [3.63, 3.8) is 0 Å². The van der Waals surface area contributed by atoms with Crippen molar-refractivity contribution in [3.8, 4) is 11.8 Å². The zero-order chi connectivity index (χ0) is 19.0. The Hall–Kier alpha value is -1.82. The van der Waals surface area contributed by atoms with Gasteiger partial charge in [-0.25, -0.2) is 4.79 Å². The zero-order valence-electron chi connectivity index (χ0n) is 16.2. The second kappa shape index (κ2) is 7.30. The van der Waals surface area contributed by atoms with Crippen LogP contribution in [0.4, 0.5) is 4.79 Å². The molecule has 1 atom stereocenters. The normalized spacial score (nSPS) is 20.9. The highest BCUT2D eigenvalue weighted by Gasteiger charge is 2.35. The molecule has 27 heavy (non-hydrogen) atoms. The minimum Gasteiger partial charge on any atom is -0.477 e. The molecule has 6 nitrogen and oxygen atoms in total. The van der Waals surface area contributed by atoms with Crippen LogP contribution in [0.15, 0.2) is 12.1 Å². The third-order valence-electron chi connectivity index (χ3n) is 5.64. The summed E-state index contributed by atoms with van der Waals surface area (Å²) in [5.41, 5.74) is 0.121. The van der Waals surface area contributed by atoms with Gasteiger partial charge < -0.3 is 19.9 Å². The molecule has 0 spiro atoms. The van der Waals surface area contributed by atoms with Crippen LogP contribution in [0.25, 0.3) is 0 Å². The van der Waals surface area contributed by atoms with Gasteiger partial charge in [0.25, 0.3) is 0 Å². The first-order valence-corrected chi connectivity index (χ1v) is 10.2. The Morgan fingerprint density at radius 3 is 2.52 bits per heavy atom. The fourth-order valence-corrected chi connectivity index (χ4v) is 3.27. The standard InChI is InChI=1S/C21H30N2O4/c1-21(2,25)17(11-13-3-4-13)22-20(24)27-18-10-9-16(15-7-8-15)19(23-18)26-12-14-5-6-14/h9-10,13-15,17,25H,3-8,11-12H2,1-2H3,(H,22,24)/t17-/m0/s1. The summed E-state index contributed by atoms with van der Waals surface area (Å²) in [7, 11) is 0. The van der Waals surface area contributed by atoms with Gasteiger partial charge >= 0.3 is 6.09 Å². The van der Waals surface area contributed by atoms with Crippen LogP contribution in [0.5, 0.6) is 11.8 Å². The maximum absolute atomic E-state index is 12.4. The number of ether oxygens (including phenoxy) is 2. The molecule has 2 N–H and O–H groups in total. The largest absolute Gasteiger partial charge is 0.477 e. The predicted octanol–water partition coefficient (Wildman–Crippen LogP) is 3.78. The summed E-state index contributed by atoms with van der Waals surface area (Å²) in [5.74, 6) is 2.59. The van der Waals surface area contributed by atoms with E-state index in [9.17, 15) is 9.90 Å². The maximum atomic E-state index is 12.4. The Morgan fingerprint density at radius 1 is 1.22 bits per heavy atom. The first kappa shape index (κ1) is 18.5. The number of rotatable bonds is 9. The van der Waals surface area contributed by atoms with Crippen molar-refractivity contribution in [2.45, 2.75) is 76.4 Å². The lowest BCUT2D eigenvalue weighted by atomic mass is 9.94. The summed E-state index contributed by atoms with van der Waals surface area (Å²) in [4.78, 5) is 16.8. The average Bonchev–Trinajstić information content (AvgIpc) is 3.45. The maximum Gasteiger partial charge on any atom is 0.414 e. The van der Waals surface area contributed by atoms with Gasteiger partial charge in [-0.2, -0.15) is 4.98 Å². The second-order valence-corrected chi connectivity index (χ2v) is 8.99. The van der Waals surface area contributed by atoms with Gasteiger partial charge in [0.05, 0.1) is 18.2 Å². The molecule has 3 fully saturated rings. The summed E-state index contributed by atoms with van der Waals surface area (Å²) in [6.45, 7) is 4.12. The summed E-state index contributed by atoms with van der Waals surface area (Å²) >= 11 is 0. The van der Waals surface area contributed by atoms with Gasteiger partial charge in [-0.1, -0.05) is 12.8 Å². The van der Waals surface area contributed by atoms with Crippen molar-refractivity contribution in [1.82, 2.24) is 10.3 Å². The number of hydrogen-bond donors (Lipinski definition) is 2. The number of pyridine rings is 1. The van der Waals surface area contributed by atoms with E-state index in [1.807, 2.05) is 6.07 Å². The fraction of sp³-hybridized carbons (Fsp3) is 0.714. The first-order valence-electron chi connectivity index (χ1n) is 10.2. The molecular weight excluding hydrogens is 344 g/mol. The Labute approximate surface area is 160 Å². The van der Waals surface area contributed by atoms with Gasteiger partial charge in [0.1, 0.15) is 0 Å². The van der Waals surface area contributed by atoms with Gasteiger partial charge in [0.15, 0.2) is 0 Å². The third kappa shape index (κ3) is 5.34. The highest BCUT2D eigenvalue weighted by molar-refractivity contribution is 5.70. The van der Waals surface area contributed by atoms with Crippen LogP contribution in [-0.2, 0) is 0 Å². The van der Waals surface area contributed by atoms with E-state index in [0.29, 0.717) is 30.2 Å². The van der Waals surface area contributed by atoms with Gasteiger partial charge in [0.2, 0.25) is 11.8 Å². The molecule has 6 heteroatoms. The zero-order valence-corrected chi connectivity index (χ0v) is 16.2. The van der Waals surface area contributed by atoms with E-state index in [-0.39, 0.29) is 11.9 Å². The van der Waals surface area contributed by atoms with E-state index < -0.39 is 11.7 Å². The summed E-state index contributed by atoms with van der Waals surface area (Å²) in [6.07, 6.45) is 7.27. The number of hydrogen-bond acceptors (Lipinski definition) is 5. The number of amides is 1. The third-order valence-corrected chi connectivity index (χ3v) is 5.64. The molecule has 0 unspecified atom stereocenters. The highest BCUT2D eigenvalue weighted by Crippen LogP contribution is 2.44. The fourth-order valence-electron chi connectivity index (χ4n) is 3.27. The molecule has 1 amide bonds. The molecule has 0 aliphatic heterocycles. The van der Waals surface area contributed by atoms with Crippen LogP contribution < -0.4 is 14.8 Å². The SMILES string of the molecule is CC(C)(O)[C@H](CC1CC1)NC(=O)Oc1ccc(C2CC2)c(OCC2CC2)n1. The number of nitrogens with one attached hydrogen (secondary N) is 1. The number of nitrogens with zero attached hydrogens (tertiary/aromatic N) is 1. The topological polar surface area (TPSA) is 80.7 Å². The molecule has 0 aromatic carbocycles. The molecule has 3 aliphatic carbocycles. The Bertz CT molecular complexity index is 688. The summed E-state index contributed by atoms with van der Waals surface area (Å²) in [5, 5.41) is 13.2. The molecular formula is C21H30N2O4. The van der Waals surface area contributed by atoms with Crippen molar-refractivity contribution >= 4 is 6.09 Å². The average molecular weight is 374 g/mol. The lowest BCUT2D eigenvalue weighted by molar-refractivity contribution is 0.0332. The second-order valence-electron chi connectivity index (χ2n) is 8.99. The van der Waals surface area contributed by atoms with E-state index in [1.165, 1.54) is 12.8 Å². The molecule has 1 aromatic heterocycles. The van der Waals surface area contributed by atoms with E-state index >= 15 is 0 Å². The monoisotopic (exact) mass is 374 g/mol. The molecule has 0 saturated heterocycles. The molecule has 0 radical (unpaired) electrons. The summed E-state index contributed by atoms with van der Waals surface area (Å²) < 4.78 is 11.3. The number of carbonyl (C=O) groups is 1. The minimum absolute atomic E-state index is 0.239. The van der Waals surface area contributed by atoms with Crippen LogP contribution in [0.3, 0.4) is 0 Å². The molecule has 1 heterocycles. The first-order chi connectivity index (χ1) is 12.9. The smallest absolute Gasteiger partial charge is 0.414 e. The van der Waals surface area contributed by atoms with Gasteiger partial charge in [-0.15, -0.1) is 0 Å². The Balaban J connectivity index is 1.39. The van der Waals surface area contributed by atoms with Crippen molar-refractivity contribution < 1.29 is 19.4 Å². The summed E-state index contributed by atoms with van der Waals surface area (Å²) in [6, 6.07) is 3.36. The van der Waals surface area contributed by atoms with Gasteiger partial charge in [-0.3, -0.25) is 0 Å². The van der Waals surface area contributed by atoms with E-state index in [0.717, 1.165) is 37.7 Å². The van der Waals surface area contributed by atoms with Crippen LogP contribution >= 0.6 is 0 Å². The molecule has 1 aromatic rings. The minimum atomic E-state index is -0.997. The van der Waals surface area contributed by atoms with E-state index in [4.69, 9.17) is 9.47 Å². The van der Waals surface area contributed by atoms with Crippen molar-refractivity contribution in [2.75, 3.05) is 6.61 Å². The van der Waals surface area contributed by atoms with Crippen LogP contribution in [-0.4, -0.2) is 34.4 Å². The number of aromatic nitrogens is 1. The van der Waals surface area contributed by atoms with Gasteiger partial charge in [-0.05, 0) is 69.8 Å². The molecule has 3 saturated carbocycles.